The first-order chi connectivity index (χ1) is 7.63. The van der Waals surface area contributed by atoms with Gasteiger partial charge in [0.05, 0.1) is 5.92 Å². The summed E-state index contributed by atoms with van der Waals surface area (Å²) in [4.78, 5) is 11.1. The number of rotatable bonds is 1. The summed E-state index contributed by atoms with van der Waals surface area (Å²) in [5.41, 5.74) is 2.17. The quantitative estimate of drug-likeness (QED) is 0.758. The first-order valence-corrected chi connectivity index (χ1v) is 5.69. The molecular weight excluding hydrogens is 204 g/mol. The Hall–Kier alpha value is -1.51. The van der Waals surface area contributed by atoms with Crippen LogP contribution in [-0.2, 0) is 16.6 Å². The van der Waals surface area contributed by atoms with E-state index < -0.39 is 5.97 Å². The second-order valence-electron chi connectivity index (χ2n) is 4.95. The highest BCUT2D eigenvalue weighted by molar-refractivity contribution is 5.77. The molecule has 2 atom stereocenters. The second-order valence-corrected chi connectivity index (χ2v) is 4.95. The molecule has 16 heavy (non-hydrogen) atoms. The molecule has 1 saturated carbocycles. The molecule has 2 unspecified atom stereocenters. The Balaban J connectivity index is 2.05. The van der Waals surface area contributed by atoms with Gasteiger partial charge in [-0.15, -0.1) is 0 Å². The van der Waals surface area contributed by atoms with Gasteiger partial charge >= 0.3 is 5.97 Å². The Kier molecular flexibility index (Phi) is 1.82. The van der Waals surface area contributed by atoms with Gasteiger partial charge in [0.15, 0.2) is 0 Å². The minimum absolute atomic E-state index is 0.118. The molecule has 3 heteroatoms. The summed E-state index contributed by atoms with van der Waals surface area (Å²) in [6, 6.07) is 5.36. The van der Waals surface area contributed by atoms with E-state index in [2.05, 4.69) is 0 Å². The third-order valence-electron chi connectivity index (χ3n) is 4.07. The SMILES string of the molecule is O=C(O)C1CC12CCCc1cc(O)ccc12. The van der Waals surface area contributed by atoms with Crippen molar-refractivity contribution < 1.29 is 15.0 Å². The smallest absolute Gasteiger partial charge is 0.307 e. The van der Waals surface area contributed by atoms with Crippen molar-refractivity contribution in [1.82, 2.24) is 0 Å². The normalized spacial score (nSPS) is 31.1. The number of aliphatic carboxylic acids is 1. The van der Waals surface area contributed by atoms with Crippen LogP contribution in [0.25, 0.3) is 0 Å². The number of aryl methyl sites for hydroxylation is 1. The van der Waals surface area contributed by atoms with Gasteiger partial charge in [-0.2, -0.15) is 0 Å². The fourth-order valence-electron chi connectivity index (χ4n) is 3.20. The molecule has 0 aliphatic heterocycles. The van der Waals surface area contributed by atoms with Gasteiger partial charge in [-0.3, -0.25) is 4.79 Å². The Morgan fingerprint density at radius 2 is 2.25 bits per heavy atom. The third kappa shape index (κ3) is 1.17. The van der Waals surface area contributed by atoms with E-state index in [1.807, 2.05) is 6.07 Å². The highest BCUT2D eigenvalue weighted by atomic mass is 16.4. The Labute approximate surface area is 93.7 Å². The molecule has 0 saturated heterocycles. The zero-order valence-corrected chi connectivity index (χ0v) is 8.94. The Morgan fingerprint density at radius 1 is 1.44 bits per heavy atom. The molecule has 0 heterocycles. The van der Waals surface area contributed by atoms with Crippen LogP contribution in [0.3, 0.4) is 0 Å². The van der Waals surface area contributed by atoms with Crippen LogP contribution in [0.2, 0.25) is 0 Å². The van der Waals surface area contributed by atoms with Crippen LogP contribution < -0.4 is 0 Å². The molecule has 1 spiro atoms. The topological polar surface area (TPSA) is 57.5 Å². The molecule has 0 radical (unpaired) electrons. The van der Waals surface area contributed by atoms with Gasteiger partial charge in [-0.25, -0.2) is 0 Å². The van der Waals surface area contributed by atoms with E-state index in [1.165, 1.54) is 0 Å². The van der Waals surface area contributed by atoms with Crippen molar-refractivity contribution in [3.63, 3.8) is 0 Å². The number of fused-ring (bicyclic) bond motifs is 2. The van der Waals surface area contributed by atoms with Crippen molar-refractivity contribution in [3.05, 3.63) is 29.3 Å². The summed E-state index contributed by atoms with van der Waals surface area (Å²) < 4.78 is 0. The standard InChI is InChI=1S/C13H14O3/c14-9-3-4-10-8(6-9)2-1-5-13(10)7-11(13)12(15)16/h3-4,6,11,14H,1-2,5,7H2,(H,15,16). The van der Waals surface area contributed by atoms with E-state index in [9.17, 15) is 9.90 Å². The van der Waals surface area contributed by atoms with E-state index in [4.69, 9.17) is 5.11 Å². The molecule has 84 valence electrons. The average molecular weight is 218 g/mol. The van der Waals surface area contributed by atoms with Crippen LogP contribution in [0.5, 0.6) is 5.75 Å². The number of carboxylic acid groups (broad SMARTS) is 1. The van der Waals surface area contributed by atoms with Crippen LogP contribution in [-0.4, -0.2) is 16.2 Å². The fourth-order valence-corrected chi connectivity index (χ4v) is 3.20. The van der Waals surface area contributed by atoms with E-state index in [0.717, 1.165) is 36.8 Å². The predicted octanol–water partition coefficient (Wildman–Crippen LogP) is 2.07. The summed E-state index contributed by atoms with van der Waals surface area (Å²) in [5, 5.41) is 18.5. The first kappa shape index (κ1) is 9.70. The monoisotopic (exact) mass is 218 g/mol. The maximum absolute atomic E-state index is 11.1. The summed E-state index contributed by atoms with van der Waals surface area (Å²) in [7, 11) is 0. The molecule has 2 aliphatic carbocycles. The van der Waals surface area contributed by atoms with Crippen molar-refractivity contribution in [1.29, 1.82) is 0 Å². The number of hydrogen-bond acceptors (Lipinski definition) is 2. The number of benzene rings is 1. The highest BCUT2D eigenvalue weighted by Crippen LogP contribution is 2.60. The van der Waals surface area contributed by atoms with E-state index >= 15 is 0 Å². The van der Waals surface area contributed by atoms with Gasteiger partial charge in [0.1, 0.15) is 5.75 Å². The van der Waals surface area contributed by atoms with Crippen molar-refractivity contribution in [3.8, 4) is 5.75 Å². The molecule has 0 bridgehead atoms. The van der Waals surface area contributed by atoms with Crippen LogP contribution >= 0.6 is 0 Å². The van der Waals surface area contributed by atoms with Gasteiger partial charge in [0, 0.05) is 5.41 Å². The summed E-state index contributed by atoms with van der Waals surface area (Å²) >= 11 is 0. The third-order valence-corrected chi connectivity index (χ3v) is 4.07. The Bertz CT molecular complexity index is 466. The van der Waals surface area contributed by atoms with Crippen LogP contribution in [0.4, 0.5) is 0 Å². The summed E-state index contributed by atoms with van der Waals surface area (Å²) in [6.07, 6.45) is 3.72. The largest absolute Gasteiger partial charge is 0.508 e. The van der Waals surface area contributed by atoms with Crippen molar-refractivity contribution in [2.75, 3.05) is 0 Å². The molecule has 3 rings (SSSR count). The lowest BCUT2D eigenvalue weighted by Gasteiger charge is -2.26. The van der Waals surface area contributed by atoms with Crippen LogP contribution in [0.15, 0.2) is 18.2 Å². The minimum Gasteiger partial charge on any atom is -0.508 e. The maximum atomic E-state index is 11.1. The number of aromatic hydroxyl groups is 1. The lowest BCUT2D eigenvalue weighted by atomic mass is 9.78. The number of carbonyl (C=O) groups is 1. The highest BCUT2D eigenvalue weighted by Gasteiger charge is 2.60. The van der Waals surface area contributed by atoms with Gasteiger partial charge in [-0.05, 0) is 48.9 Å². The van der Waals surface area contributed by atoms with Crippen molar-refractivity contribution in [2.45, 2.75) is 31.1 Å². The maximum Gasteiger partial charge on any atom is 0.307 e. The number of phenolic OH excluding ortho intramolecular Hbond substituents is 1. The van der Waals surface area contributed by atoms with Gasteiger partial charge in [0.2, 0.25) is 0 Å². The molecule has 3 nitrogen and oxygen atoms in total. The molecule has 1 aromatic rings. The first-order valence-electron chi connectivity index (χ1n) is 5.69. The molecule has 0 aromatic heterocycles. The van der Waals surface area contributed by atoms with Crippen molar-refractivity contribution in [2.24, 2.45) is 5.92 Å². The van der Waals surface area contributed by atoms with Gasteiger partial charge in [-0.1, -0.05) is 6.07 Å². The molecule has 1 fully saturated rings. The molecular formula is C13H14O3. The molecule has 2 N–H and O–H groups in total. The predicted molar refractivity (Wildman–Crippen MR) is 58.5 cm³/mol. The second kappa shape index (κ2) is 3.00. The number of phenols is 1. The fraction of sp³-hybridized carbons (Fsp3) is 0.462. The lowest BCUT2D eigenvalue weighted by Crippen LogP contribution is -2.21. The zero-order valence-electron chi connectivity index (χ0n) is 8.94. The lowest BCUT2D eigenvalue weighted by molar-refractivity contribution is -0.139. The molecule has 1 aromatic carbocycles. The van der Waals surface area contributed by atoms with Gasteiger partial charge in [0.25, 0.3) is 0 Å². The van der Waals surface area contributed by atoms with Gasteiger partial charge < -0.3 is 10.2 Å². The summed E-state index contributed by atoms with van der Waals surface area (Å²) in [6.45, 7) is 0. The Morgan fingerprint density at radius 3 is 2.94 bits per heavy atom. The van der Waals surface area contributed by atoms with Crippen molar-refractivity contribution >= 4 is 5.97 Å². The summed E-state index contributed by atoms with van der Waals surface area (Å²) in [5.74, 6) is -0.611. The molecule has 0 amide bonds. The number of carboxylic acids is 1. The molecule has 2 aliphatic rings. The van der Waals surface area contributed by atoms with Crippen LogP contribution in [0, 0.1) is 5.92 Å². The average Bonchev–Trinajstić information content (AvgIpc) is 2.93. The van der Waals surface area contributed by atoms with E-state index in [-0.39, 0.29) is 17.1 Å². The van der Waals surface area contributed by atoms with E-state index in [0.29, 0.717) is 0 Å². The van der Waals surface area contributed by atoms with E-state index in [1.54, 1.807) is 12.1 Å². The zero-order chi connectivity index (χ0) is 11.3. The number of hydrogen-bond donors (Lipinski definition) is 2. The van der Waals surface area contributed by atoms with Crippen LogP contribution in [0.1, 0.15) is 30.4 Å². The minimum atomic E-state index is -0.680.